The molecule has 3 rings (SSSR count). The van der Waals surface area contributed by atoms with Crippen LogP contribution in [0.1, 0.15) is 0 Å². The number of amides is 1. The molecule has 0 aliphatic carbocycles. The molecule has 1 aromatic carbocycles. The Bertz CT molecular complexity index is 677. The third-order valence-electron chi connectivity index (χ3n) is 2.51. The Labute approximate surface area is 113 Å². The number of anilines is 1. The molecular weight excluding hydrogens is 260 g/mol. The Morgan fingerprint density at radius 2 is 1.95 bits per heavy atom. The van der Waals surface area contributed by atoms with E-state index in [-0.39, 0.29) is 0 Å². The first-order valence-electron chi connectivity index (χ1n) is 5.69. The number of aromatic nitrogens is 1. The second-order valence-corrected chi connectivity index (χ2v) is 4.93. The lowest BCUT2D eigenvalue weighted by Crippen LogP contribution is -2.15. The fourth-order valence-corrected chi connectivity index (χ4v) is 2.63. The average Bonchev–Trinajstić information content (AvgIpc) is 2.81. The number of hydrogen-bond acceptors (Lipinski definition) is 4. The average molecular weight is 270 g/mol. The summed E-state index contributed by atoms with van der Waals surface area (Å²) < 4.78 is 6.26. The minimum atomic E-state index is -0.502. The summed E-state index contributed by atoms with van der Waals surface area (Å²) in [5, 5.41) is 4.58. The van der Waals surface area contributed by atoms with E-state index in [2.05, 4.69) is 10.3 Å². The van der Waals surface area contributed by atoms with Gasteiger partial charge in [0.05, 0.1) is 5.00 Å². The molecule has 0 fully saturated rings. The van der Waals surface area contributed by atoms with Crippen molar-refractivity contribution in [2.24, 2.45) is 0 Å². The fraction of sp³-hybridized carbons (Fsp3) is 0. The van der Waals surface area contributed by atoms with E-state index in [1.165, 1.54) is 11.3 Å². The molecule has 19 heavy (non-hydrogen) atoms. The van der Waals surface area contributed by atoms with Crippen LogP contribution in [0.3, 0.4) is 0 Å². The van der Waals surface area contributed by atoms with Crippen LogP contribution < -0.4 is 10.1 Å². The largest absolute Gasteiger partial charge is 0.417 e. The van der Waals surface area contributed by atoms with Crippen LogP contribution in [0, 0.1) is 0 Å². The van der Waals surface area contributed by atoms with Gasteiger partial charge in [-0.15, -0.1) is 11.3 Å². The molecule has 4 nitrogen and oxygen atoms in total. The smallest absolute Gasteiger partial charge is 0.410 e. The molecule has 2 heterocycles. The van der Waals surface area contributed by atoms with Gasteiger partial charge in [0, 0.05) is 17.1 Å². The van der Waals surface area contributed by atoms with Crippen LogP contribution in [0.5, 0.6) is 5.75 Å². The number of carbonyl (C=O) groups is 1. The van der Waals surface area contributed by atoms with Crippen molar-refractivity contribution >= 4 is 32.5 Å². The molecule has 5 heteroatoms. The van der Waals surface area contributed by atoms with E-state index >= 15 is 0 Å². The summed E-state index contributed by atoms with van der Waals surface area (Å²) in [6, 6.07) is 13.1. The maximum Gasteiger partial charge on any atom is 0.417 e. The Kier molecular flexibility index (Phi) is 3.12. The van der Waals surface area contributed by atoms with E-state index in [1.807, 2.05) is 30.3 Å². The van der Waals surface area contributed by atoms with Crippen molar-refractivity contribution < 1.29 is 9.53 Å². The van der Waals surface area contributed by atoms with Gasteiger partial charge in [0.25, 0.3) is 0 Å². The first-order valence-corrected chi connectivity index (χ1v) is 6.50. The van der Waals surface area contributed by atoms with Gasteiger partial charge in [-0.2, -0.15) is 0 Å². The highest BCUT2D eigenvalue weighted by molar-refractivity contribution is 7.22. The predicted molar refractivity (Wildman–Crippen MR) is 75.7 cm³/mol. The number of nitrogens with one attached hydrogen (secondary N) is 1. The highest BCUT2D eigenvalue weighted by atomic mass is 32.1. The Balaban J connectivity index is 1.72. The SMILES string of the molecule is O=C(Nc1cc2ccccc2s1)Oc1ccncc1. The molecule has 0 saturated carbocycles. The molecular formula is C14H10N2O2S. The lowest BCUT2D eigenvalue weighted by molar-refractivity contribution is 0.215. The van der Waals surface area contributed by atoms with E-state index in [0.717, 1.165) is 15.1 Å². The summed E-state index contributed by atoms with van der Waals surface area (Å²) >= 11 is 1.51. The Morgan fingerprint density at radius 3 is 2.74 bits per heavy atom. The fourth-order valence-electron chi connectivity index (χ4n) is 1.68. The van der Waals surface area contributed by atoms with Gasteiger partial charge < -0.3 is 4.74 Å². The molecule has 0 atom stereocenters. The molecule has 94 valence electrons. The lowest BCUT2D eigenvalue weighted by atomic mass is 10.3. The quantitative estimate of drug-likeness (QED) is 0.768. The number of fused-ring (bicyclic) bond motifs is 1. The summed E-state index contributed by atoms with van der Waals surface area (Å²) in [4.78, 5) is 15.6. The van der Waals surface area contributed by atoms with Crippen molar-refractivity contribution in [2.45, 2.75) is 0 Å². The lowest BCUT2D eigenvalue weighted by Gasteiger charge is -2.03. The zero-order chi connectivity index (χ0) is 13.1. The Hall–Kier alpha value is -2.40. The minimum Gasteiger partial charge on any atom is -0.410 e. The van der Waals surface area contributed by atoms with Crippen molar-refractivity contribution in [3.05, 3.63) is 54.9 Å². The number of thiophene rings is 1. The molecule has 0 spiro atoms. The van der Waals surface area contributed by atoms with Gasteiger partial charge >= 0.3 is 6.09 Å². The maximum absolute atomic E-state index is 11.7. The van der Waals surface area contributed by atoms with Crippen LogP contribution in [-0.2, 0) is 0 Å². The number of rotatable bonds is 2. The van der Waals surface area contributed by atoms with Gasteiger partial charge in [0.15, 0.2) is 0 Å². The zero-order valence-electron chi connectivity index (χ0n) is 9.87. The highest BCUT2D eigenvalue weighted by Crippen LogP contribution is 2.29. The van der Waals surface area contributed by atoms with E-state index < -0.39 is 6.09 Å². The van der Waals surface area contributed by atoms with Crippen LogP contribution in [0.2, 0.25) is 0 Å². The predicted octanol–water partition coefficient (Wildman–Crippen LogP) is 3.91. The van der Waals surface area contributed by atoms with Gasteiger partial charge in [-0.1, -0.05) is 18.2 Å². The molecule has 3 aromatic rings. The molecule has 0 aliphatic heterocycles. The third kappa shape index (κ3) is 2.71. The summed E-state index contributed by atoms with van der Waals surface area (Å²) in [7, 11) is 0. The van der Waals surface area contributed by atoms with Crippen molar-refractivity contribution in [1.82, 2.24) is 4.98 Å². The minimum absolute atomic E-state index is 0.466. The van der Waals surface area contributed by atoms with Crippen LogP contribution in [0.25, 0.3) is 10.1 Å². The first kappa shape index (κ1) is 11.7. The van der Waals surface area contributed by atoms with Gasteiger partial charge in [0.2, 0.25) is 0 Å². The van der Waals surface area contributed by atoms with Gasteiger partial charge in [-0.05, 0) is 29.7 Å². The van der Waals surface area contributed by atoms with Gasteiger partial charge in [-0.3, -0.25) is 10.3 Å². The number of pyridine rings is 1. The highest BCUT2D eigenvalue weighted by Gasteiger charge is 2.07. The van der Waals surface area contributed by atoms with Crippen LogP contribution in [-0.4, -0.2) is 11.1 Å². The molecule has 2 aromatic heterocycles. The Morgan fingerprint density at radius 1 is 1.16 bits per heavy atom. The number of nitrogens with zero attached hydrogens (tertiary/aromatic N) is 1. The number of ether oxygens (including phenoxy) is 1. The summed E-state index contributed by atoms with van der Waals surface area (Å²) in [6.07, 6.45) is 2.64. The molecule has 0 aliphatic rings. The second kappa shape index (κ2) is 5.07. The third-order valence-corrected chi connectivity index (χ3v) is 3.54. The molecule has 1 amide bonds. The van der Waals surface area contributed by atoms with Crippen molar-refractivity contribution in [1.29, 1.82) is 0 Å². The van der Waals surface area contributed by atoms with Crippen LogP contribution >= 0.6 is 11.3 Å². The van der Waals surface area contributed by atoms with Crippen LogP contribution in [0.4, 0.5) is 9.80 Å². The number of benzene rings is 1. The molecule has 1 N–H and O–H groups in total. The first-order chi connectivity index (χ1) is 9.31. The normalized spacial score (nSPS) is 10.3. The van der Waals surface area contributed by atoms with E-state index in [4.69, 9.17) is 4.74 Å². The maximum atomic E-state index is 11.7. The van der Waals surface area contributed by atoms with Gasteiger partial charge in [0.1, 0.15) is 5.75 Å². The second-order valence-electron chi connectivity index (χ2n) is 3.85. The summed E-state index contributed by atoms with van der Waals surface area (Å²) in [6.45, 7) is 0. The molecule has 0 unspecified atom stereocenters. The molecule has 0 bridgehead atoms. The zero-order valence-corrected chi connectivity index (χ0v) is 10.7. The van der Waals surface area contributed by atoms with Crippen molar-refractivity contribution in [3.8, 4) is 5.75 Å². The number of hydrogen-bond donors (Lipinski definition) is 1. The van der Waals surface area contributed by atoms with Crippen LogP contribution in [0.15, 0.2) is 54.9 Å². The van der Waals surface area contributed by atoms with E-state index in [1.54, 1.807) is 24.5 Å². The standard InChI is InChI=1S/C14H10N2O2S/c17-14(18-11-5-7-15-8-6-11)16-13-9-10-3-1-2-4-12(10)19-13/h1-9H,(H,16,17). The summed E-state index contributed by atoms with van der Waals surface area (Å²) in [5.41, 5.74) is 0. The monoisotopic (exact) mass is 270 g/mol. The molecule has 0 saturated heterocycles. The van der Waals surface area contributed by atoms with E-state index in [0.29, 0.717) is 5.75 Å². The van der Waals surface area contributed by atoms with Crippen molar-refractivity contribution in [2.75, 3.05) is 5.32 Å². The topological polar surface area (TPSA) is 51.2 Å². The number of carbonyl (C=O) groups excluding carboxylic acids is 1. The van der Waals surface area contributed by atoms with Gasteiger partial charge in [-0.25, -0.2) is 4.79 Å². The summed E-state index contributed by atoms with van der Waals surface area (Å²) in [5.74, 6) is 0.466. The molecule has 0 radical (unpaired) electrons. The van der Waals surface area contributed by atoms with E-state index in [9.17, 15) is 4.79 Å². The van der Waals surface area contributed by atoms with Crippen molar-refractivity contribution in [3.63, 3.8) is 0 Å².